The predicted molar refractivity (Wildman–Crippen MR) is 92.7 cm³/mol. The lowest BCUT2D eigenvalue weighted by atomic mass is 10.0. The first-order valence-corrected chi connectivity index (χ1v) is 8.91. The Kier molecular flexibility index (Phi) is 4.26. The first-order chi connectivity index (χ1) is 11.8. The molecule has 5 heteroatoms. The van der Waals surface area contributed by atoms with Crippen molar-refractivity contribution in [2.45, 2.75) is 32.3 Å². The number of pyridine rings is 1. The van der Waals surface area contributed by atoms with E-state index in [1.807, 2.05) is 12.1 Å². The summed E-state index contributed by atoms with van der Waals surface area (Å²) in [5.74, 6) is 0.397. The molecular formula is C19H17FN2OS. The van der Waals surface area contributed by atoms with E-state index in [-0.39, 0.29) is 5.82 Å². The molecule has 122 valence electrons. The lowest BCUT2D eigenvalue weighted by molar-refractivity contribution is 0.307. The number of benzene rings is 1. The maximum atomic E-state index is 13.8. The number of thiazole rings is 1. The van der Waals surface area contributed by atoms with Crippen LogP contribution in [0.2, 0.25) is 0 Å². The minimum atomic E-state index is -0.269. The van der Waals surface area contributed by atoms with E-state index in [1.165, 1.54) is 35.5 Å². The molecule has 0 saturated heterocycles. The standard InChI is InChI=1S/C19H17FN2OS/c20-14-5-6-17(23-12-13-7-9-21-10-8-13)15(11-14)19-22-16-3-1-2-4-18(16)24-19/h5-11H,1-4,12H2. The van der Waals surface area contributed by atoms with Gasteiger partial charge in [-0.1, -0.05) is 0 Å². The number of halogens is 1. The zero-order valence-corrected chi connectivity index (χ0v) is 14.0. The van der Waals surface area contributed by atoms with Gasteiger partial charge in [0.25, 0.3) is 0 Å². The summed E-state index contributed by atoms with van der Waals surface area (Å²) in [6.45, 7) is 0.423. The summed E-state index contributed by atoms with van der Waals surface area (Å²) in [6, 6.07) is 8.45. The van der Waals surface area contributed by atoms with Gasteiger partial charge in [-0.2, -0.15) is 0 Å². The normalized spacial score (nSPS) is 13.5. The lowest BCUT2D eigenvalue weighted by Crippen LogP contribution is -1.99. The van der Waals surface area contributed by atoms with Gasteiger partial charge in [-0.15, -0.1) is 11.3 Å². The average molecular weight is 340 g/mol. The minimum Gasteiger partial charge on any atom is -0.488 e. The fourth-order valence-electron chi connectivity index (χ4n) is 2.90. The topological polar surface area (TPSA) is 35.0 Å². The molecule has 0 spiro atoms. The monoisotopic (exact) mass is 340 g/mol. The van der Waals surface area contributed by atoms with Crippen LogP contribution < -0.4 is 4.74 Å². The molecule has 0 atom stereocenters. The van der Waals surface area contributed by atoms with E-state index in [0.717, 1.165) is 29.0 Å². The number of aromatic nitrogens is 2. The summed E-state index contributed by atoms with van der Waals surface area (Å²) in [7, 11) is 0. The van der Waals surface area contributed by atoms with E-state index < -0.39 is 0 Å². The molecule has 2 aromatic heterocycles. The van der Waals surface area contributed by atoms with Crippen LogP contribution in [0.4, 0.5) is 4.39 Å². The molecule has 2 heterocycles. The van der Waals surface area contributed by atoms with Crippen LogP contribution in [0.15, 0.2) is 42.7 Å². The molecule has 0 fully saturated rings. The van der Waals surface area contributed by atoms with Gasteiger partial charge in [0, 0.05) is 17.3 Å². The number of aryl methyl sites for hydroxylation is 2. The van der Waals surface area contributed by atoms with Crippen molar-refractivity contribution < 1.29 is 9.13 Å². The van der Waals surface area contributed by atoms with Gasteiger partial charge in [0.05, 0.1) is 11.3 Å². The highest BCUT2D eigenvalue weighted by Crippen LogP contribution is 2.37. The van der Waals surface area contributed by atoms with Gasteiger partial charge in [0.2, 0.25) is 0 Å². The molecule has 3 nitrogen and oxygen atoms in total. The smallest absolute Gasteiger partial charge is 0.130 e. The van der Waals surface area contributed by atoms with Crippen LogP contribution in [0.25, 0.3) is 10.6 Å². The molecule has 0 N–H and O–H groups in total. The molecule has 0 saturated carbocycles. The van der Waals surface area contributed by atoms with E-state index in [4.69, 9.17) is 9.72 Å². The predicted octanol–water partition coefficient (Wildman–Crippen LogP) is 4.80. The quantitative estimate of drug-likeness (QED) is 0.684. The summed E-state index contributed by atoms with van der Waals surface area (Å²) in [6.07, 6.45) is 7.97. The molecule has 1 aliphatic rings. The maximum absolute atomic E-state index is 13.8. The van der Waals surface area contributed by atoms with Crippen LogP contribution in [-0.4, -0.2) is 9.97 Å². The van der Waals surface area contributed by atoms with Gasteiger partial charge in [0.15, 0.2) is 0 Å². The second-order valence-corrected chi connectivity index (χ2v) is 6.96. The summed E-state index contributed by atoms with van der Waals surface area (Å²) in [4.78, 5) is 10.1. The Hall–Kier alpha value is -2.27. The molecule has 0 radical (unpaired) electrons. The molecule has 0 amide bonds. The Morgan fingerprint density at radius 2 is 1.92 bits per heavy atom. The largest absolute Gasteiger partial charge is 0.488 e. The van der Waals surface area contributed by atoms with Gasteiger partial charge in [-0.25, -0.2) is 9.37 Å². The van der Waals surface area contributed by atoms with Crippen molar-refractivity contribution in [2.75, 3.05) is 0 Å². The van der Waals surface area contributed by atoms with Crippen LogP contribution in [0.3, 0.4) is 0 Å². The third-order valence-corrected chi connectivity index (χ3v) is 5.35. The van der Waals surface area contributed by atoms with Crippen molar-refractivity contribution in [3.05, 3.63) is 64.7 Å². The van der Waals surface area contributed by atoms with Crippen molar-refractivity contribution in [2.24, 2.45) is 0 Å². The number of rotatable bonds is 4. The van der Waals surface area contributed by atoms with Crippen LogP contribution in [0, 0.1) is 5.82 Å². The van der Waals surface area contributed by atoms with E-state index in [1.54, 1.807) is 29.8 Å². The molecule has 3 aromatic rings. The maximum Gasteiger partial charge on any atom is 0.130 e. The summed E-state index contributed by atoms with van der Waals surface area (Å²) in [5, 5.41) is 0.853. The van der Waals surface area contributed by atoms with Gasteiger partial charge < -0.3 is 4.74 Å². The first kappa shape index (κ1) is 15.3. The van der Waals surface area contributed by atoms with E-state index >= 15 is 0 Å². The lowest BCUT2D eigenvalue weighted by Gasteiger charge is -2.10. The van der Waals surface area contributed by atoms with Crippen LogP contribution in [0.1, 0.15) is 29.0 Å². The molecular weight excluding hydrogens is 323 g/mol. The highest BCUT2D eigenvalue weighted by Gasteiger charge is 2.18. The van der Waals surface area contributed by atoms with Crippen molar-refractivity contribution in [3.8, 4) is 16.3 Å². The Labute approximate surface area is 144 Å². The zero-order chi connectivity index (χ0) is 16.4. The van der Waals surface area contributed by atoms with Gasteiger partial charge in [-0.3, -0.25) is 4.98 Å². The SMILES string of the molecule is Fc1ccc(OCc2ccncc2)c(-c2nc3c(s2)CCCC3)c1. The van der Waals surface area contributed by atoms with Crippen LogP contribution in [0.5, 0.6) is 5.75 Å². The van der Waals surface area contributed by atoms with Crippen molar-refractivity contribution in [1.29, 1.82) is 0 Å². The minimum absolute atomic E-state index is 0.269. The van der Waals surface area contributed by atoms with Crippen molar-refractivity contribution in [1.82, 2.24) is 9.97 Å². The number of hydrogen-bond donors (Lipinski definition) is 0. The Balaban J connectivity index is 1.64. The fourth-order valence-corrected chi connectivity index (χ4v) is 4.07. The first-order valence-electron chi connectivity index (χ1n) is 8.10. The van der Waals surface area contributed by atoms with E-state index in [0.29, 0.717) is 12.4 Å². The van der Waals surface area contributed by atoms with Gasteiger partial charge in [-0.05, 0) is 61.6 Å². The summed E-state index contributed by atoms with van der Waals surface area (Å²) in [5.41, 5.74) is 2.94. The van der Waals surface area contributed by atoms with Crippen molar-refractivity contribution >= 4 is 11.3 Å². The summed E-state index contributed by atoms with van der Waals surface area (Å²) < 4.78 is 19.7. The van der Waals surface area contributed by atoms with E-state index in [9.17, 15) is 4.39 Å². The fraction of sp³-hybridized carbons (Fsp3) is 0.263. The molecule has 0 unspecified atom stereocenters. The second kappa shape index (κ2) is 6.69. The summed E-state index contributed by atoms with van der Waals surface area (Å²) >= 11 is 1.67. The number of ether oxygens (including phenoxy) is 1. The van der Waals surface area contributed by atoms with Crippen LogP contribution in [-0.2, 0) is 19.4 Å². The number of hydrogen-bond acceptors (Lipinski definition) is 4. The molecule has 1 aliphatic carbocycles. The number of fused-ring (bicyclic) bond motifs is 1. The second-order valence-electron chi connectivity index (χ2n) is 5.88. The Morgan fingerprint density at radius 3 is 2.75 bits per heavy atom. The third kappa shape index (κ3) is 3.17. The number of nitrogens with zero attached hydrogens (tertiary/aromatic N) is 2. The average Bonchev–Trinajstić information content (AvgIpc) is 3.05. The third-order valence-electron chi connectivity index (χ3n) is 4.16. The van der Waals surface area contributed by atoms with Gasteiger partial charge in [0.1, 0.15) is 23.2 Å². The Morgan fingerprint density at radius 1 is 1.08 bits per heavy atom. The molecule has 4 rings (SSSR count). The molecule has 1 aromatic carbocycles. The highest BCUT2D eigenvalue weighted by atomic mass is 32.1. The van der Waals surface area contributed by atoms with Gasteiger partial charge >= 0.3 is 0 Å². The zero-order valence-electron chi connectivity index (χ0n) is 13.2. The Bertz CT molecular complexity index is 824. The van der Waals surface area contributed by atoms with Crippen LogP contribution >= 0.6 is 11.3 Å². The highest BCUT2D eigenvalue weighted by molar-refractivity contribution is 7.15. The molecule has 0 aliphatic heterocycles. The molecule has 0 bridgehead atoms. The van der Waals surface area contributed by atoms with Crippen molar-refractivity contribution in [3.63, 3.8) is 0 Å². The van der Waals surface area contributed by atoms with E-state index in [2.05, 4.69) is 4.98 Å². The molecule has 24 heavy (non-hydrogen) atoms.